The van der Waals surface area contributed by atoms with Gasteiger partial charge in [0.05, 0.1) is 12.6 Å². The molecule has 1 heterocycles. The van der Waals surface area contributed by atoms with Crippen LogP contribution in [0.25, 0.3) is 0 Å². The first kappa shape index (κ1) is 17.4. The molecule has 0 aromatic rings. The van der Waals surface area contributed by atoms with Crippen molar-refractivity contribution in [3.8, 4) is 0 Å². The zero-order chi connectivity index (χ0) is 15.3. The van der Waals surface area contributed by atoms with Crippen LogP contribution in [0, 0.1) is 17.8 Å². The molecule has 0 saturated carbocycles. The van der Waals surface area contributed by atoms with E-state index in [0.29, 0.717) is 24.3 Å². The Kier molecular flexibility index (Phi) is 6.96. The van der Waals surface area contributed by atoms with Crippen molar-refractivity contribution in [1.29, 1.82) is 0 Å². The summed E-state index contributed by atoms with van der Waals surface area (Å²) in [4.78, 5) is 16.7. The summed E-state index contributed by atoms with van der Waals surface area (Å²) in [7, 11) is 0. The van der Waals surface area contributed by atoms with Crippen molar-refractivity contribution < 1.29 is 9.90 Å². The van der Waals surface area contributed by atoms with Crippen LogP contribution in [0.2, 0.25) is 0 Å². The van der Waals surface area contributed by atoms with Crippen molar-refractivity contribution in [2.75, 3.05) is 32.7 Å². The zero-order valence-corrected chi connectivity index (χ0v) is 13.8. The molecule has 1 fully saturated rings. The van der Waals surface area contributed by atoms with Crippen LogP contribution in [-0.2, 0) is 4.79 Å². The van der Waals surface area contributed by atoms with Gasteiger partial charge in [0.1, 0.15) is 0 Å². The van der Waals surface area contributed by atoms with Gasteiger partial charge in [-0.1, -0.05) is 27.7 Å². The Bertz CT molecular complexity index is 293. The maximum atomic E-state index is 12.5. The summed E-state index contributed by atoms with van der Waals surface area (Å²) in [5.74, 6) is 1.56. The topological polar surface area (TPSA) is 43.8 Å². The van der Waals surface area contributed by atoms with Gasteiger partial charge >= 0.3 is 0 Å². The number of likely N-dealkylation sites (tertiary alicyclic amines) is 1. The standard InChI is InChI=1S/C16H32N2O2/c1-12(2)8-18(9-13(3)4)16(20)11-17-7-6-15(10-17)14(5)19/h12-15,19H,6-11H2,1-5H3. The van der Waals surface area contributed by atoms with E-state index in [4.69, 9.17) is 0 Å². The molecule has 4 nitrogen and oxygen atoms in total. The summed E-state index contributed by atoms with van der Waals surface area (Å²) in [5.41, 5.74) is 0. The predicted octanol–water partition coefficient (Wildman–Crippen LogP) is 1.83. The van der Waals surface area contributed by atoms with E-state index in [9.17, 15) is 9.90 Å². The molecule has 4 heteroatoms. The van der Waals surface area contributed by atoms with Crippen LogP contribution in [-0.4, -0.2) is 59.6 Å². The first-order chi connectivity index (χ1) is 9.29. The summed E-state index contributed by atoms with van der Waals surface area (Å²) < 4.78 is 0. The lowest BCUT2D eigenvalue weighted by Crippen LogP contribution is -2.43. The minimum atomic E-state index is -0.266. The normalized spacial score (nSPS) is 21.7. The van der Waals surface area contributed by atoms with Gasteiger partial charge < -0.3 is 10.0 Å². The highest BCUT2D eigenvalue weighted by Crippen LogP contribution is 2.19. The van der Waals surface area contributed by atoms with Gasteiger partial charge in [-0.3, -0.25) is 9.69 Å². The van der Waals surface area contributed by atoms with Gasteiger partial charge in [-0.25, -0.2) is 0 Å². The molecule has 1 aliphatic heterocycles. The Morgan fingerprint density at radius 2 is 1.75 bits per heavy atom. The summed E-state index contributed by atoms with van der Waals surface area (Å²) >= 11 is 0. The number of hydrogen-bond acceptors (Lipinski definition) is 3. The van der Waals surface area contributed by atoms with Crippen molar-refractivity contribution in [2.24, 2.45) is 17.8 Å². The van der Waals surface area contributed by atoms with E-state index >= 15 is 0 Å². The number of carbonyl (C=O) groups is 1. The van der Waals surface area contributed by atoms with Crippen LogP contribution in [0.15, 0.2) is 0 Å². The Morgan fingerprint density at radius 3 is 2.15 bits per heavy atom. The smallest absolute Gasteiger partial charge is 0.236 e. The molecule has 1 rings (SSSR count). The molecule has 1 aliphatic rings. The second kappa shape index (κ2) is 7.99. The fourth-order valence-electron chi connectivity index (χ4n) is 2.85. The molecule has 0 aromatic heterocycles. The zero-order valence-electron chi connectivity index (χ0n) is 13.8. The number of amides is 1. The van der Waals surface area contributed by atoms with E-state index < -0.39 is 0 Å². The van der Waals surface area contributed by atoms with E-state index in [2.05, 4.69) is 32.6 Å². The second-order valence-corrected chi connectivity index (χ2v) is 7.11. The number of hydrogen-bond donors (Lipinski definition) is 1. The third kappa shape index (κ3) is 5.80. The number of aliphatic hydroxyl groups excluding tert-OH is 1. The number of rotatable bonds is 7. The number of aliphatic hydroxyl groups is 1. The molecule has 1 N–H and O–H groups in total. The predicted molar refractivity (Wildman–Crippen MR) is 82.5 cm³/mol. The molecule has 118 valence electrons. The van der Waals surface area contributed by atoms with E-state index in [1.807, 2.05) is 11.8 Å². The van der Waals surface area contributed by atoms with Gasteiger partial charge in [0.2, 0.25) is 5.91 Å². The number of nitrogens with zero attached hydrogens (tertiary/aromatic N) is 2. The Balaban J connectivity index is 2.49. The van der Waals surface area contributed by atoms with Gasteiger partial charge in [-0.2, -0.15) is 0 Å². The van der Waals surface area contributed by atoms with Crippen molar-refractivity contribution in [1.82, 2.24) is 9.80 Å². The van der Waals surface area contributed by atoms with Gasteiger partial charge in [-0.15, -0.1) is 0 Å². The third-order valence-electron chi connectivity index (χ3n) is 3.87. The Hall–Kier alpha value is -0.610. The van der Waals surface area contributed by atoms with E-state index in [1.165, 1.54) is 0 Å². The summed E-state index contributed by atoms with van der Waals surface area (Å²) in [6, 6.07) is 0. The fourth-order valence-corrected chi connectivity index (χ4v) is 2.85. The monoisotopic (exact) mass is 284 g/mol. The lowest BCUT2D eigenvalue weighted by atomic mass is 10.0. The van der Waals surface area contributed by atoms with Crippen LogP contribution in [0.3, 0.4) is 0 Å². The second-order valence-electron chi connectivity index (χ2n) is 7.11. The van der Waals surface area contributed by atoms with Gasteiger partial charge in [0, 0.05) is 19.6 Å². The molecule has 2 unspecified atom stereocenters. The van der Waals surface area contributed by atoms with Gasteiger partial charge in [-0.05, 0) is 37.6 Å². The third-order valence-corrected chi connectivity index (χ3v) is 3.87. The summed E-state index contributed by atoms with van der Waals surface area (Å²) in [6.07, 6.45) is 0.733. The molecule has 0 aromatic carbocycles. The molecule has 2 atom stereocenters. The van der Waals surface area contributed by atoms with Crippen LogP contribution in [0.5, 0.6) is 0 Å². The molecule has 0 spiro atoms. The first-order valence-corrected chi connectivity index (χ1v) is 7.97. The van der Waals surface area contributed by atoms with Gasteiger partial charge in [0.15, 0.2) is 0 Å². The molecule has 0 aliphatic carbocycles. The van der Waals surface area contributed by atoms with Crippen molar-refractivity contribution in [3.05, 3.63) is 0 Å². The average molecular weight is 284 g/mol. The quantitative estimate of drug-likeness (QED) is 0.775. The average Bonchev–Trinajstić information content (AvgIpc) is 2.75. The van der Waals surface area contributed by atoms with Crippen LogP contribution >= 0.6 is 0 Å². The van der Waals surface area contributed by atoms with Crippen LogP contribution in [0.1, 0.15) is 41.0 Å². The number of carbonyl (C=O) groups excluding carboxylic acids is 1. The molecular weight excluding hydrogens is 252 g/mol. The molecule has 0 bridgehead atoms. The van der Waals surface area contributed by atoms with E-state index in [1.54, 1.807) is 0 Å². The van der Waals surface area contributed by atoms with Crippen molar-refractivity contribution >= 4 is 5.91 Å². The van der Waals surface area contributed by atoms with Crippen LogP contribution in [0.4, 0.5) is 0 Å². The van der Waals surface area contributed by atoms with Crippen LogP contribution < -0.4 is 0 Å². The molecule has 1 amide bonds. The van der Waals surface area contributed by atoms with E-state index in [-0.39, 0.29) is 12.0 Å². The maximum Gasteiger partial charge on any atom is 0.236 e. The molecule has 0 radical (unpaired) electrons. The fraction of sp³-hybridized carbons (Fsp3) is 0.938. The lowest BCUT2D eigenvalue weighted by Gasteiger charge is -2.28. The SMILES string of the molecule is CC(C)CN(CC(C)C)C(=O)CN1CCC(C(C)O)C1. The van der Waals surface area contributed by atoms with Crippen molar-refractivity contribution in [3.63, 3.8) is 0 Å². The molecule has 20 heavy (non-hydrogen) atoms. The maximum absolute atomic E-state index is 12.5. The minimum Gasteiger partial charge on any atom is -0.393 e. The van der Waals surface area contributed by atoms with Gasteiger partial charge in [0.25, 0.3) is 0 Å². The van der Waals surface area contributed by atoms with Crippen molar-refractivity contribution in [2.45, 2.75) is 47.1 Å². The highest BCUT2D eigenvalue weighted by atomic mass is 16.3. The lowest BCUT2D eigenvalue weighted by molar-refractivity contribution is -0.133. The van der Waals surface area contributed by atoms with E-state index in [0.717, 1.165) is 32.6 Å². The largest absolute Gasteiger partial charge is 0.393 e. The molecular formula is C16H32N2O2. The highest BCUT2D eigenvalue weighted by Gasteiger charge is 2.28. The molecule has 1 saturated heterocycles. The Morgan fingerprint density at radius 1 is 1.20 bits per heavy atom. The summed E-state index contributed by atoms with van der Waals surface area (Å²) in [5, 5.41) is 9.63. The summed E-state index contributed by atoms with van der Waals surface area (Å²) in [6.45, 7) is 14.4. The minimum absolute atomic E-state index is 0.235. The Labute approximate surface area is 124 Å². The highest BCUT2D eigenvalue weighted by molar-refractivity contribution is 5.78. The first-order valence-electron chi connectivity index (χ1n) is 7.97.